The van der Waals surface area contributed by atoms with Gasteiger partial charge in [0, 0.05) is 28.8 Å². The largest absolute Gasteiger partial charge is 0.362 e. The molecule has 1 heterocycles. The van der Waals surface area contributed by atoms with Crippen LogP contribution in [0.4, 0.5) is 5.69 Å². The zero-order valence-electron chi connectivity index (χ0n) is 11.8. The molecule has 1 N–H and O–H groups in total. The Bertz CT molecular complexity index is 429. The second-order valence-corrected chi connectivity index (χ2v) is 6.36. The van der Waals surface area contributed by atoms with Crippen LogP contribution in [-0.4, -0.2) is 24.7 Å². The number of hydrogen-bond donors (Lipinski definition) is 1. The Labute approximate surface area is 115 Å². The molecule has 1 atom stereocenters. The molecule has 1 aromatic rings. The molecule has 1 aliphatic rings. The van der Waals surface area contributed by atoms with Crippen LogP contribution >= 0.6 is 11.6 Å². The van der Waals surface area contributed by atoms with Gasteiger partial charge in [0.25, 0.3) is 0 Å². The summed E-state index contributed by atoms with van der Waals surface area (Å²) in [4.78, 5) is 2.52. The van der Waals surface area contributed by atoms with E-state index in [0.29, 0.717) is 6.04 Å². The highest BCUT2D eigenvalue weighted by Gasteiger charge is 2.33. The summed E-state index contributed by atoms with van der Waals surface area (Å²) in [6, 6.07) is 6.69. The first-order valence-corrected chi connectivity index (χ1v) is 7.06. The van der Waals surface area contributed by atoms with E-state index in [0.717, 1.165) is 24.5 Å². The van der Waals surface area contributed by atoms with Crippen LogP contribution in [0.1, 0.15) is 32.8 Å². The monoisotopic (exact) mass is 266 g/mol. The maximum atomic E-state index is 6.18. The lowest BCUT2D eigenvalue weighted by molar-refractivity contribution is 0.432. The van der Waals surface area contributed by atoms with Gasteiger partial charge in [-0.25, -0.2) is 0 Å². The van der Waals surface area contributed by atoms with Crippen LogP contribution in [0.5, 0.6) is 0 Å². The number of anilines is 1. The fourth-order valence-corrected chi connectivity index (χ4v) is 3.09. The van der Waals surface area contributed by atoms with Gasteiger partial charge in [-0.15, -0.1) is 0 Å². The van der Waals surface area contributed by atoms with Gasteiger partial charge in [-0.05, 0) is 58.4 Å². The Kier molecular flexibility index (Phi) is 3.88. The number of hydrogen-bond acceptors (Lipinski definition) is 2. The van der Waals surface area contributed by atoms with Crippen molar-refractivity contribution in [1.29, 1.82) is 0 Å². The van der Waals surface area contributed by atoms with E-state index in [1.54, 1.807) is 0 Å². The van der Waals surface area contributed by atoms with Crippen molar-refractivity contribution < 1.29 is 0 Å². The highest BCUT2D eigenvalue weighted by atomic mass is 35.5. The minimum atomic E-state index is 0.103. The second-order valence-electron chi connectivity index (χ2n) is 5.93. The summed E-state index contributed by atoms with van der Waals surface area (Å²) in [5.41, 5.74) is 2.66. The van der Waals surface area contributed by atoms with E-state index >= 15 is 0 Å². The van der Waals surface area contributed by atoms with Crippen molar-refractivity contribution >= 4 is 17.3 Å². The second kappa shape index (κ2) is 5.10. The lowest BCUT2D eigenvalue weighted by Gasteiger charge is -2.43. The van der Waals surface area contributed by atoms with E-state index in [9.17, 15) is 0 Å². The first kappa shape index (κ1) is 13.7. The Morgan fingerprint density at radius 3 is 2.83 bits per heavy atom. The Balaban J connectivity index is 2.46. The van der Waals surface area contributed by atoms with E-state index in [4.69, 9.17) is 11.6 Å². The average molecular weight is 267 g/mol. The van der Waals surface area contributed by atoms with Gasteiger partial charge >= 0.3 is 0 Å². The molecule has 0 aliphatic carbocycles. The molecule has 0 saturated carbocycles. The molecule has 1 unspecified atom stereocenters. The number of halogens is 1. The first-order valence-electron chi connectivity index (χ1n) is 6.68. The van der Waals surface area contributed by atoms with Gasteiger partial charge in [0.1, 0.15) is 0 Å². The number of nitrogens with zero attached hydrogens (tertiary/aromatic N) is 1. The highest BCUT2D eigenvalue weighted by Crippen LogP contribution is 2.33. The molecular weight excluding hydrogens is 244 g/mol. The lowest BCUT2D eigenvalue weighted by atomic mass is 9.98. The van der Waals surface area contributed by atoms with Crippen molar-refractivity contribution in [1.82, 2.24) is 5.32 Å². The fraction of sp³-hybridized carbons (Fsp3) is 0.600. The molecule has 100 valence electrons. The Morgan fingerprint density at radius 1 is 1.39 bits per heavy atom. The summed E-state index contributed by atoms with van der Waals surface area (Å²) in [5.74, 6) is 0. The van der Waals surface area contributed by atoms with Crippen LogP contribution in [-0.2, 0) is 0 Å². The van der Waals surface area contributed by atoms with Gasteiger partial charge in [0.05, 0.1) is 0 Å². The number of benzene rings is 1. The van der Waals surface area contributed by atoms with Gasteiger partial charge in [-0.3, -0.25) is 0 Å². The van der Waals surface area contributed by atoms with Gasteiger partial charge < -0.3 is 10.2 Å². The first-order chi connectivity index (χ1) is 8.42. The van der Waals surface area contributed by atoms with E-state index in [1.165, 1.54) is 11.3 Å². The summed E-state index contributed by atoms with van der Waals surface area (Å²) in [5, 5.41) is 4.34. The molecule has 0 spiro atoms. The molecule has 1 aliphatic heterocycles. The molecule has 1 fully saturated rings. The molecule has 0 bridgehead atoms. The third kappa shape index (κ3) is 2.65. The van der Waals surface area contributed by atoms with Crippen LogP contribution in [0.2, 0.25) is 5.02 Å². The van der Waals surface area contributed by atoms with Crippen molar-refractivity contribution in [3.8, 4) is 0 Å². The third-order valence-electron chi connectivity index (χ3n) is 3.82. The molecule has 0 radical (unpaired) electrons. The third-order valence-corrected chi connectivity index (χ3v) is 4.06. The van der Waals surface area contributed by atoms with Gasteiger partial charge in [-0.2, -0.15) is 0 Å². The predicted octanol–water partition coefficient (Wildman–Crippen LogP) is 3.62. The van der Waals surface area contributed by atoms with E-state index in [-0.39, 0.29) is 5.54 Å². The van der Waals surface area contributed by atoms with Crippen LogP contribution in [0.25, 0.3) is 0 Å². The maximum Gasteiger partial charge on any atom is 0.0473 e. The van der Waals surface area contributed by atoms with Gasteiger partial charge in [0.2, 0.25) is 0 Å². The van der Waals surface area contributed by atoms with Crippen molar-refractivity contribution in [3.63, 3.8) is 0 Å². The maximum absolute atomic E-state index is 6.18. The topological polar surface area (TPSA) is 15.3 Å². The zero-order valence-corrected chi connectivity index (χ0v) is 12.5. The van der Waals surface area contributed by atoms with Crippen LogP contribution in [0, 0.1) is 6.92 Å². The normalized spacial score (nSPS) is 23.8. The zero-order chi connectivity index (χ0) is 13.3. The van der Waals surface area contributed by atoms with E-state index < -0.39 is 0 Å². The minimum absolute atomic E-state index is 0.103. The SMILES string of the molecule is Cc1ccc(Cl)cc1N1C(C)CCNCC1(C)C. The summed E-state index contributed by atoms with van der Waals surface area (Å²) in [6.45, 7) is 11.1. The van der Waals surface area contributed by atoms with Gasteiger partial charge in [-0.1, -0.05) is 17.7 Å². The van der Waals surface area contributed by atoms with Crippen molar-refractivity contribution in [2.24, 2.45) is 0 Å². The quantitative estimate of drug-likeness (QED) is 0.835. The molecule has 2 rings (SSSR count). The van der Waals surface area contributed by atoms with Crippen molar-refractivity contribution in [3.05, 3.63) is 28.8 Å². The molecule has 0 aromatic heterocycles. The standard InChI is InChI=1S/C15H23ClN2/c1-11-5-6-13(16)9-14(11)18-12(2)7-8-17-10-15(18,3)4/h5-6,9,12,17H,7-8,10H2,1-4H3. The van der Waals surface area contributed by atoms with E-state index in [1.807, 2.05) is 6.07 Å². The molecular formula is C15H23ClN2. The smallest absolute Gasteiger partial charge is 0.0473 e. The molecule has 1 aromatic carbocycles. The molecule has 0 amide bonds. The summed E-state index contributed by atoms with van der Waals surface area (Å²) < 4.78 is 0. The molecule has 2 nitrogen and oxygen atoms in total. The van der Waals surface area contributed by atoms with Crippen LogP contribution < -0.4 is 10.2 Å². The van der Waals surface area contributed by atoms with Crippen molar-refractivity contribution in [2.75, 3.05) is 18.0 Å². The highest BCUT2D eigenvalue weighted by molar-refractivity contribution is 6.30. The average Bonchev–Trinajstić information content (AvgIpc) is 2.41. The molecule has 1 saturated heterocycles. The molecule has 18 heavy (non-hydrogen) atoms. The summed E-state index contributed by atoms with van der Waals surface area (Å²) >= 11 is 6.18. The predicted molar refractivity (Wildman–Crippen MR) is 79.7 cm³/mol. The molecule has 3 heteroatoms. The van der Waals surface area contributed by atoms with Gasteiger partial charge in [0.15, 0.2) is 0 Å². The Hall–Kier alpha value is -0.730. The summed E-state index contributed by atoms with van der Waals surface area (Å²) in [7, 11) is 0. The Morgan fingerprint density at radius 2 is 2.11 bits per heavy atom. The fourth-order valence-electron chi connectivity index (χ4n) is 2.92. The minimum Gasteiger partial charge on any atom is -0.362 e. The van der Waals surface area contributed by atoms with Crippen molar-refractivity contribution in [2.45, 2.75) is 45.7 Å². The van der Waals surface area contributed by atoms with Crippen LogP contribution in [0.3, 0.4) is 0 Å². The summed E-state index contributed by atoms with van der Waals surface area (Å²) in [6.07, 6.45) is 1.16. The number of rotatable bonds is 1. The van der Waals surface area contributed by atoms with Crippen LogP contribution in [0.15, 0.2) is 18.2 Å². The number of aryl methyl sites for hydroxylation is 1. The van der Waals surface area contributed by atoms with E-state index in [2.05, 4.69) is 50.0 Å². The lowest BCUT2D eigenvalue weighted by Crippen LogP contribution is -2.52. The number of nitrogens with one attached hydrogen (secondary N) is 1.